The molecule has 0 aliphatic rings. The van der Waals surface area contributed by atoms with Crippen LogP contribution in [0, 0.1) is 0 Å². The Hall–Kier alpha value is -1.23. The lowest BCUT2D eigenvalue weighted by Gasteiger charge is -2.14. The van der Waals surface area contributed by atoms with Gasteiger partial charge in [0.25, 0.3) is 0 Å². The molecule has 0 amide bonds. The average molecular weight is 220 g/mol. The first-order chi connectivity index (χ1) is 6.93. The van der Waals surface area contributed by atoms with Crippen molar-refractivity contribution < 1.29 is 23.0 Å². The van der Waals surface area contributed by atoms with Crippen LogP contribution in [0.1, 0.15) is 5.56 Å². The number of ether oxygens (including phenoxy) is 1. The number of aliphatic hydroxyl groups excluding tert-OH is 1. The summed E-state index contributed by atoms with van der Waals surface area (Å²) >= 11 is 0. The summed E-state index contributed by atoms with van der Waals surface area (Å²) in [6.45, 7) is 0. The van der Waals surface area contributed by atoms with Gasteiger partial charge in [-0.1, -0.05) is 12.1 Å². The van der Waals surface area contributed by atoms with Crippen molar-refractivity contribution in [3.05, 3.63) is 29.8 Å². The van der Waals surface area contributed by atoms with Crippen LogP contribution < -0.4 is 4.74 Å². The second kappa shape index (κ2) is 4.53. The Morgan fingerprint density at radius 3 is 2.60 bits per heavy atom. The molecule has 0 fully saturated rings. The van der Waals surface area contributed by atoms with Crippen LogP contribution in [0.15, 0.2) is 24.3 Å². The number of hydrogen-bond donors (Lipinski definition) is 1. The minimum Gasteiger partial charge on any atom is -0.497 e. The summed E-state index contributed by atoms with van der Waals surface area (Å²) in [5.74, 6) is 0.474. The van der Waals surface area contributed by atoms with Crippen molar-refractivity contribution >= 4 is 0 Å². The van der Waals surface area contributed by atoms with Gasteiger partial charge in [-0.05, 0) is 17.7 Å². The summed E-state index contributed by atoms with van der Waals surface area (Å²) in [6.07, 6.45) is -7.37. The first-order valence-corrected chi connectivity index (χ1v) is 4.31. The zero-order chi connectivity index (χ0) is 11.5. The zero-order valence-electron chi connectivity index (χ0n) is 8.08. The topological polar surface area (TPSA) is 29.5 Å². The van der Waals surface area contributed by atoms with Crippen LogP contribution in [-0.2, 0) is 6.42 Å². The van der Waals surface area contributed by atoms with Crippen LogP contribution in [0.3, 0.4) is 0 Å². The molecule has 1 rings (SSSR count). The molecule has 0 aromatic heterocycles. The molecule has 84 valence electrons. The van der Waals surface area contributed by atoms with Gasteiger partial charge in [-0.15, -0.1) is 0 Å². The van der Waals surface area contributed by atoms with Crippen LogP contribution >= 0.6 is 0 Å². The normalized spacial score (nSPS) is 13.7. The van der Waals surface area contributed by atoms with Crippen molar-refractivity contribution in [2.45, 2.75) is 18.7 Å². The van der Waals surface area contributed by atoms with Crippen molar-refractivity contribution in [3.63, 3.8) is 0 Å². The fourth-order valence-corrected chi connectivity index (χ4v) is 1.14. The molecule has 1 aromatic rings. The Bertz CT molecular complexity index is 323. The largest absolute Gasteiger partial charge is 0.497 e. The maximum atomic E-state index is 12.0. The predicted molar refractivity (Wildman–Crippen MR) is 48.8 cm³/mol. The fourth-order valence-electron chi connectivity index (χ4n) is 1.14. The molecule has 15 heavy (non-hydrogen) atoms. The van der Waals surface area contributed by atoms with Crippen LogP contribution in [0.25, 0.3) is 0 Å². The highest BCUT2D eigenvalue weighted by Crippen LogP contribution is 2.24. The lowest BCUT2D eigenvalue weighted by atomic mass is 10.1. The van der Waals surface area contributed by atoms with Crippen molar-refractivity contribution in [1.82, 2.24) is 0 Å². The standard InChI is InChI=1S/C10H11F3O2/c1-15-8-4-2-3-7(5-8)6-9(14)10(11,12)13/h2-5,9,14H,6H2,1H3. The highest BCUT2D eigenvalue weighted by atomic mass is 19.4. The number of alkyl halides is 3. The second-order valence-electron chi connectivity index (χ2n) is 3.11. The number of rotatable bonds is 3. The van der Waals surface area contributed by atoms with E-state index >= 15 is 0 Å². The molecular formula is C10H11F3O2. The summed E-state index contributed by atoms with van der Waals surface area (Å²) < 4.78 is 41.0. The predicted octanol–water partition coefficient (Wildman–Crippen LogP) is 2.16. The van der Waals surface area contributed by atoms with E-state index in [-0.39, 0.29) is 0 Å². The number of hydrogen-bond acceptors (Lipinski definition) is 2. The van der Waals surface area contributed by atoms with E-state index in [4.69, 9.17) is 9.84 Å². The van der Waals surface area contributed by atoms with E-state index in [1.165, 1.54) is 19.2 Å². The summed E-state index contributed by atoms with van der Waals surface area (Å²) in [6, 6.07) is 6.19. The summed E-state index contributed by atoms with van der Waals surface area (Å²) in [7, 11) is 1.43. The van der Waals surface area contributed by atoms with E-state index < -0.39 is 18.7 Å². The van der Waals surface area contributed by atoms with Gasteiger partial charge in [0.2, 0.25) is 0 Å². The SMILES string of the molecule is COc1cccc(CC(O)C(F)(F)F)c1. The van der Waals surface area contributed by atoms with Gasteiger partial charge < -0.3 is 9.84 Å². The van der Waals surface area contributed by atoms with Crippen LogP contribution in [0.4, 0.5) is 13.2 Å². The van der Waals surface area contributed by atoms with E-state index in [9.17, 15) is 13.2 Å². The molecule has 0 aliphatic heterocycles. The van der Waals surface area contributed by atoms with Crippen molar-refractivity contribution in [1.29, 1.82) is 0 Å². The molecule has 0 aliphatic carbocycles. The molecule has 5 heteroatoms. The van der Waals surface area contributed by atoms with Crippen molar-refractivity contribution in [2.75, 3.05) is 7.11 Å². The maximum Gasteiger partial charge on any atom is 0.414 e. The Morgan fingerprint density at radius 1 is 1.40 bits per heavy atom. The number of halogens is 3. The molecule has 0 saturated heterocycles. The first-order valence-electron chi connectivity index (χ1n) is 4.31. The number of benzene rings is 1. The molecule has 0 radical (unpaired) electrons. The molecule has 0 bridgehead atoms. The van der Waals surface area contributed by atoms with Crippen LogP contribution in [-0.4, -0.2) is 24.5 Å². The fraction of sp³-hybridized carbons (Fsp3) is 0.400. The highest BCUT2D eigenvalue weighted by molar-refractivity contribution is 5.28. The lowest BCUT2D eigenvalue weighted by molar-refractivity contribution is -0.203. The molecular weight excluding hydrogens is 209 g/mol. The summed E-state index contributed by atoms with van der Waals surface area (Å²) in [5.41, 5.74) is 0.388. The van der Waals surface area contributed by atoms with Crippen LogP contribution in [0.2, 0.25) is 0 Å². The highest BCUT2D eigenvalue weighted by Gasteiger charge is 2.37. The average Bonchev–Trinajstić information content (AvgIpc) is 2.16. The molecule has 1 N–H and O–H groups in total. The van der Waals surface area contributed by atoms with Gasteiger partial charge in [0.15, 0.2) is 6.10 Å². The number of aliphatic hydroxyl groups is 1. The van der Waals surface area contributed by atoms with Gasteiger partial charge in [0.1, 0.15) is 5.75 Å². The Balaban J connectivity index is 2.72. The Morgan fingerprint density at radius 2 is 2.07 bits per heavy atom. The zero-order valence-corrected chi connectivity index (χ0v) is 8.08. The molecule has 1 unspecified atom stereocenters. The number of methoxy groups -OCH3 is 1. The second-order valence-corrected chi connectivity index (χ2v) is 3.11. The Labute approximate surface area is 85.3 Å². The third-order valence-corrected chi connectivity index (χ3v) is 1.94. The minimum absolute atomic E-state index is 0.388. The molecule has 0 saturated carbocycles. The Kier molecular flexibility index (Phi) is 3.57. The molecule has 0 spiro atoms. The molecule has 2 nitrogen and oxygen atoms in total. The molecule has 1 aromatic carbocycles. The van der Waals surface area contributed by atoms with Gasteiger partial charge >= 0.3 is 6.18 Å². The van der Waals surface area contributed by atoms with Gasteiger partial charge in [-0.25, -0.2) is 0 Å². The molecule has 1 atom stereocenters. The van der Waals surface area contributed by atoms with E-state index in [0.29, 0.717) is 11.3 Å². The smallest absolute Gasteiger partial charge is 0.414 e. The quantitative estimate of drug-likeness (QED) is 0.845. The lowest BCUT2D eigenvalue weighted by Crippen LogP contribution is -2.30. The van der Waals surface area contributed by atoms with E-state index in [2.05, 4.69) is 0 Å². The van der Waals surface area contributed by atoms with Crippen molar-refractivity contribution in [2.24, 2.45) is 0 Å². The monoisotopic (exact) mass is 220 g/mol. The van der Waals surface area contributed by atoms with Gasteiger partial charge in [-0.3, -0.25) is 0 Å². The maximum absolute atomic E-state index is 12.0. The van der Waals surface area contributed by atoms with E-state index in [1.54, 1.807) is 12.1 Å². The van der Waals surface area contributed by atoms with Crippen molar-refractivity contribution in [3.8, 4) is 5.75 Å². The summed E-state index contributed by atoms with van der Waals surface area (Å²) in [5, 5.41) is 8.84. The van der Waals surface area contributed by atoms with Gasteiger partial charge in [0, 0.05) is 6.42 Å². The third kappa shape index (κ3) is 3.43. The first kappa shape index (κ1) is 11.8. The van der Waals surface area contributed by atoms with Gasteiger partial charge in [0.05, 0.1) is 7.11 Å². The minimum atomic E-state index is -4.58. The summed E-state index contributed by atoms with van der Waals surface area (Å²) in [4.78, 5) is 0. The van der Waals surface area contributed by atoms with E-state index in [1.807, 2.05) is 0 Å². The third-order valence-electron chi connectivity index (χ3n) is 1.94. The molecule has 0 heterocycles. The van der Waals surface area contributed by atoms with Crippen LogP contribution in [0.5, 0.6) is 5.75 Å². The van der Waals surface area contributed by atoms with E-state index in [0.717, 1.165) is 0 Å². The van der Waals surface area contributed by atoms with Gasteiger partial charge in [-0.2, -0.15) is 13.2 Å².